The van der Waals surface area contributed by atoms with Crippen LogP contribution in [-0.2, 0) is 4.79 Å². The molecule has 0 aliphatic rings. The van der Waals surface area contributed by atoms with Gasteiger partial charge in [0.25, 0.3) is 5.91 Å². The molecule has 2 N–H and O–H groups in total. The second kappa shape index (κ2) is 5.83. The Balaban J connectivity index is 2.73. The third-order valence-corrected chi connectivity index (χ3v) is 2.14. The van der Waals surface area contributed by atoms with Crippen LogP contribution in [0.5, 0.6) is 0 Å². The van der Waals surface area contributed by atoms with Crippen molar-refractivity contribution in [2.45, 2.75) is 25.8 Å². The number of carbonyl (C=O) groups excluding carboxylic acids is 1. The number of carbonyl (C=O) groups is 2. The molecule has 1 heterocycles. The summed E-state index contributed by atoms with van der Waals surface area (Å²) in [5.41, 5.74) is -0.447. The quantitative estimate of drug-likeness (QED) is 0.785. The molecule has 0 aliphatic heterocycles. The van der Waals surface area contributed by atoms with Crippen molar-refractivity contribution in [3.05, 3.63) is 34.4 Å². The third-order valence-electron chi connectivity index (χ3n) is 2.14. The number of nitrogens with one attached hydrogen (secondary N) is 1. The molecule has 0 saturated carbocycles. The lowest BCUT2D eigenvalue weighted by Gasteiger charge is -2.12. The third kappa shape index (κ3) is 3.75. The van der Waals surface area contributed by atoms with E-state index in [4.69, 9.17) is 5.11 Å². The normalized spacial score (nSPS) is 11.8. The maximum Gasteiger partial charge on any atom is 0.335 e. The Morgan fingerprint density at radius 3 is 2.65 bits per heavy atom. The first kappa shape index (κ1) is 13.0. The van der Waals surface area contributed by atoms with Crippen LogP contribution in [0.25, 0.3) is 0 Å². The summed E-state index contributed by atoms with van der Waals surface area (Å²) < 4.78 is 4.52. The van der Waals surface area contributed by atoms with Crippen molar-refractivity contribution in [2.24, 2.45) is 0 Å². The van der Waals surface area contributed by atoms with Gasteiger partial charge in [-0.05, 0) is 12.5 Å². The minimum absolute atomic E-state index is 0.118. The van der Waals surface area contributed by atoms with Crippen LogP contribution in [-0.4, -0.2) is 23.0 Å². The average molecular weight is 239 g/mol. The molecule has 1 atom stereocenters. The molecular formula is C11H13NO5. The Labute approximate surface area is 97.3 Å². The van der Waals surface area contributed by atoms with Crippen LogP contribution in [0.3, 0.4) is 0 Å². The Morgan fingerprint density at radius 2 is 2.18 bits per heavy atom. The molecule has 6 nitrogen and oxygen atoms in total. The van der Waals surface area contributed by atoms with E-state index in [0.717, 1.165) is 12.3 Å². The molecule has 1 aromatic heterocycles. The summed E-state index contributed by atoms with van der Waals surface area (Å²) in [7, 11) is 0. The number of hydrogen-bond acceptors (Lipinski definition) is 4. The number of carboxylic acid groups (broad SMARTS) is 1. The van der Waals surface area contributed by atoms with Gasteiger partial charge in [-0.2, -0.15) is 0 Å². The van der Waals surface area contributed by atoms with Crippen LogP contribution in [0, 0.1) is 0 Å². The zero-order valence-electron chi connectivity index (χ0n) is 9.30. The van der Waals surface area contributed by atoms with Gasteiger partial charge in [-0.25, -0.2) is 9.59 Å². The van der Waals surface area contributed by atoms with Gasteiger partial charge >= 0.3 is 11.6 Å². The van der Waals surface area contributed by atoms with Gasteiger partial charge in [-0.15, -0.1) is 0 Å². The van der Waals surface area contributed by atoms with E-state index in [9.17, 15) is 14.4 Å². The molecule has 0 radical (unpaired) electrons. The predicted molar refractivity (Wildman–Crippen MR) is 58.8 cm³/mol. The lowest BCUT2D eigenvalue weighted by atomic mass is 10.1. The van der Waals surface area contributed by atoms with E-state index >= 15 is 0 Å². The minimum atomic E-state index is -1.09. The van der Waals surface area contributed by atoms with E-state index in [-0.39, 0.29) is 5.56 Å². The lowest BCUT2D eigenvalue weighted by molar-refractivity contribution is -0.139. The van der Waals surface area contributed by atoms with Crippen molar-refractivity contribution >= 4 is 11.9 Å². The summed E-state index contributed by atoms with van der Waals surface area (Å²) in [5.74, 6) is -1.66. The molecule has 1 rings (SSSR count). The fourth-order valence-electron chi connectivity index (χ4n) is 1.27. The van der Waals surface area contributed by atoms with Crippen molar-refractivity contribution in [1.82, 2.24) is 5.32 Å². The fraction of sp³-hybridized carbons (Fsp3) is 0.364. The Morgan fingerprint density at radius 1 is 1.47 bits per heavy atom. The second-order valence-corrected chi connectivity index (χ2v) is 3.50. The van der Waals surface area contributed by atoms with Crippen LogP contribution >= 0.6 is 0 Å². The number of aliphatic carboxylic acids is 1. The van der Waals surface area contributed by atoms with E-state index in [1.165, 1.54) is 6.07 Å². The van der Waals surface area contributed by atoms with Gasteiger partial charge in [0.15, 0.2) is 0 Å². The van der Waals surface area contributed by atoms with E-state index in [0.29, 0.717) is 12.8 Å². The standard InChI is InChI=1S/C11H13NO5/c1-2-3-8(11(15)16)12-10(14)7-4-5-9(13)17-6-7/h4-6,8H,2-3H2,1H3,(H,12,14)(H,15,16)/t8-/m0/s1. The van der Waals surface area contributed by atoms with Crippen LogP contribution in [0.1, 0.15) is 30.1 Å². The van der Waals surface area contributed by atoms with Gasteiger partial charge in [-0.1, -0.05) is 13.3 Å². The first-order valence-corrected chi connectivity index (χ1v) is 5.17. The Bertz CT molecular complexity index is 445. The Hall–Kier alpha value is -2.11. The molecule has 0 fully saturated rings. The van der Waals surface area contributed by atoms with Crippen LogP contribution in [0.4, 0.5) is 0 Å². The molecule has 0 bridgehead atoms. The van der Waals surface area contributed by atoms with Crippen molar-refractivity contribution in [3.63, 3.8) is 0 Å². The van der Waals surface area contributed by atoms with Gasteiger partial charge in [0, 0.05) is 6.07 Å². The van der Waals surface area contributed by atoms with E-state index in [1.54, 1.807) is 0 Å². The molecule has 0 spiro atoms. The summed E-state index contributed by atoms with van der Waals surface area (Å²) in [6, 6.07) is 1.45. The number of carboxylic acids is 1. The fourth-order valence-corrected chi connectivity index (χ4v) is 1.27. The van der Waals surface area contributed by atoms with Gasteiger partial charge in [-0.3, -0.25) is 4.79 Å². The molecule has 0 unspecified atom stereocenters. The summed E-state index contributed by atoms with van der Waals surface area (Å²) in [6.45, 7) is 1.82. The monoisotopic (exact) mass is 239 g/mol. The summed E-state index contributed by atoms with van der Waals surface area (Å²) in [5, 5.41) is 11.2. The molecule has 0 aromatic carbocycles. The van der Waals surface area contributed by atoms with Gasteiger partial charge in [0.1, 0.15) is 12.3 Å². The highest BCUT2D eigenvalue weighted by Crippen LogP contribution is 2.01. The predicted octanol–water partition coefficient (Wildman–Crippen LogP) is 0.623. The second-order valence-electron chi connectivity index (χ2n) is 3.50. The van der Waals surface area contributed by atoms with Crippen molar-refractivity contribution in [3.8, 4) is 0 Å². The average Bonchev–Trinajstić information content (AvgIpc) is 2.29. The molecule has 1 amide bonds. The maximum absolute atomic E-state index is 11.6. The smallest absolute Gasteiger partial charge is 0.335 e. The van der Waals surface area contributed by atoms with Crippen LogP contribution in [0.15, 0.2) is 27.6 Å². The highest BCUT2D eigenvalue weighted by molar-refractivity contribution is 5.96. The van der Waals surface area contributed by atoms with Gasteiger partial charge in [0.05, 0.1) is 5.56 Å². The number of hydrogen-bond donors (Lipinski definition) is 2. The Kier molecular flexibility index (Phi) is 4.45. The topological polar surface area (TPSA) is 96.6 Å². The molecule has 6 heteroatoms. The van der Waals surface area contributed by atoms with Crippen LogP contribution in [0.2, 0.25) is 0 Å². The molecule has 0 saturated heterocycles. The maximum atomic E-state index is 11.6. The lowest BCUT2D eigenvalue weighted by Crippen LogP contribution is -2.40. The first-order chi connectivity index (χ1) is 8.04. The minimum Gasteiger partial charge on any atom is -0.480 e. The molecule has 92 valence electrons. The first-order valence-electron chi connectivity index (χ1n) is 5.17. The van der Waals surface area contributed by atoms with Crippen LogP contribution < -0.4 is 10.9 Å². The summed E-state index contributed by atoms with van der Waals surface area (Å²) in [4.78, 5) is 33.1. The van der Waals surface area contributed by atoms with E-state index < -0.39 is 23.5 Å². The molecule has 0 aliphatic carbocycles. The molecule has 1 aromatic rings. The number of amides is 1. The van der Waals surface area contributed by atoms with E-state index in [1.807, 2.05) is 6.92 Å². The van der Waals surface area contributed by atoms with Gasteiger partial charge < -0.3 is 14.8 Å². The SMILES string of the molecule is CCC[C@H](NC(=O)c1ccc(=O)oc1)C(=O)O. The molecular weight excluding hydrogens is 226 g/mol. The van der Waals surface area contributed by atoms with Crippen molar-refractivity contribution in [2.75, 3.05) is 0 Å². The largest absolute Gasteiger partial charge is 0.480 e. The zero-order valence-corrected chi connectivity index (χ0v) is 9.30. The number of rotatable bonds is 5. The van der Waals surface area contributed by atoms with Gasteiger partial charge in [0.2, 0.25) is 0 Å². The highest BCUT2D eigenvalue weighted by atomic mass is 16.4. The van der Waals surface area contributed by atoms with Crippen molar-refractivity contribution in [1.29, 1.82) is 0 Å². The van der Waals surface area contributed by atoms with E-state index in [2.05, 4.69) is 9.73 Å². The zero-order chi connectivity index (χ0) is 12.8. The summed E-state index contributed by atoms with van der Waals surface area (Å²) >= 11 is 0. The highest BCUT2D eigenvalue weighted by Gasteiger charge is 2.19. The summed E-state index contributed by atoms with van der Waals surface area (Å²) in [6.07, 6.45) is 1.99. The molecule has 17 heavy (non-hydrogen) atoms. The van der Waals surface area contributed by atoms with Crippen molar-refractivity contribution < 1.29 is 19.1 Å².